The maximum atomic E-state index is 13.0. The zero-order chi connectivity index (χ0) is 51.7. The monoisotopic (exact) mass is 1040 g/mol. The Labute approximate surface area is 430 Å². The van der Waals surface area contributed by atoms with E-state index in [1.54, 1.807) is 6.07 Å². The Morgan fingerprint density at radius 3 is 1.59 bits per heavy atom. The summed E-state index contributed by atoms with van der Waals surface area (Å²) in [6, 6.07) is 3.29. The summed E-state index contributed by atoms with van der Waals surface area (Å²) in [4.78, 5) is 84.1. The van der Waals surface area contributed by atoms with Crippen molar-refractivity contribution in [2.75, 3.05) is 72.5 Å². The standard InChI is InChI=1S/C51H82Cl2N4O14/c52-41-23-25-44(42(53)35-41)71-49(63)38-70-34-32-68-30-28-55-47(60)37-69-33-31-67-29-27-54-46(59)26-24-43(51(65)66)57-50(64)40-21-19-39(20-22-40)36-56-45(58)17-15-13-11-9-7-5-3-1-2-4-6-8-10-12-14-16-18-48(61)62/h23,25,35,39-40,43H,1-22,24,26-34,36-38H2,(H,54,59)(H,55,60)(H,56,58)(H,57,64)(H,61,62)(H,65,66)/t39?,40?,43-/m0/s1. The van der Waals surface area contributed by atoms with Crippen molar-refractivity contribution in [2.45, 2.75) is 160 Å². The lowest BCUT2D eigenvalue weighted by Crippen LogP contribution is -2.45. The van der Waals surface area contributed by atoms with Crippen molar-refractivity contribution in [2.24, 2.45) is 11.8 Å². The first kappa shape index (κ1) is 63.0. The van der Waals surface area contributed by atoms with Crippen LogP contribution in [0.2, 0.25) is 10.0 Å². The number of carbonyl (C=O) groups excluding carboxylic acids is 5. The number of unbranched alkanes of at least 4 members (excludes halogenated alkanes) is 15. The molecule has 0 spiro atoms. The van der Waals surface area contributed by atoms with Gasteiger partial charge in [0.25, 0.3) is 0 Å². The molecule has 1 aliphatic rings. The molecule has 2 rings (SSSR count). The van der Waals surface area contributed by atoms with Gasteiger partial charge >= 0.3 is 17.9 Å². The van der Waals surface area contributed by atoms with Crippen LogP contribution in [0.4, 0.5) is 0 Å². The number of aliphatic carboxylic acids is 2. The van der Waals surface area contributed by atoms with E-state index in [-0.39, 0.29) is 131 Å². The van der Waals surface area contributed by atoms with Gasteiger partial charge in [-0.3, -0.25) is 24.0 Å². The van der Waals surface area contributed by atoms with Crippen molar-refractivity contribution in [1.82, 2.24) is 21.3 Å². The Morgan fingerprint density at radius 2 is 1.06 bits per heavy atom. The molecule has 71 heavy (non-hydrogen) atoms. The lowest BCUT2D eigenvalue weighted by atomic mass is 9.81. The zero-order valence-electron chi connectivity index (χ0n) is 41.8. The topological polar surface area (TPSA) is 254 Å². The van der Waals surface area contributed by atoms with Crippen molar-refractivity contribution in [3.05, 3.63) is 28.2 Å². The van der Waals surface area contributed by atoms with Gasteiger partial charge < -0.3 is 55.2 Å². The van der Waals surface area contributed by atoms with E-state index in [1.165, 1.54) is 76.3 Å². The van der Waals surface area contributed by atoms with Crippen LogP contribution in [0.5, 0.6) is 5.75 Å². The quantitative estimate of drug-likeness (QED) is 0.0209. The van der Waals surface area contributed by atoms with Crippen LogP contribution in [0.1, 0.15) is 154 Å². The number of hydrogen-bond acceptors (Lipinski definition) is 12. The molecular formula is C51H82Cl2N4O14. The van der Waals surface area contributed by atoms with Crippen LogP contribution in [0.3, 0.4) is 0 Å². The molecule has 1 aromatic carbocycles. The summed E-state index contributed by atoms with van der Waals surface area (Å²) >= 11 is 11.8. The van der Waals surface area contributed by atoms with Crippen molar-refractivity contribution in [1.29, 1.82) is 0 Å². The number of benzene rings is 1. The summed E-state index contributed by atoms with van der Waals surface area (Å²) in [6.45, 7) is 1.60. The number of carboxylic acid groups (broad SMARTS) is 2. The third-order valence-electron chi connectivity index (χ3n) is 12.1. The Balaban J connectivity index is 1.37. The zero-order valence-corrected chi connectivity index (χ0v) is 43.3. The minimum atomic E-state index is -1.21. The number of esters is 1. The van der Waals surface area contributed by atoms with Crippen LogP contribution in [-0.4, -0.2) is 130 Å². The van der Waals surface area contributed by atoms with Crippen molar-refractivity contribution in [3.63, 3.8) is 0 Å². The van der Waals surface area contributed by atoms with E-state index in [4.69, 9.17) is 52.0 Å². The van der Waals surface area contributed by atoms with Gasteiger partial charge in [-0.25, -0.2) is 9.59 Å². The minimum Gasteiger partial charge on any atom is -0.481 e. The lowest BCUT2D eigenvalue weighted by molar-refractivity contribution is -0.143. The minimum absolute atomic E-state index is 0.0598. The largest absolute Gasteiger partial charge is 0.481 e. The number of rotatable bonds is 44. The van der Waals surface area contributed by atoms with Gasteiger partial charge in [-0.2, -0.15) is 0 Å². The Morgan fingerprint density at radius 1 is 0.563 bits per heavy atom. The van der Waals surface area contributed by atoms with Gasteiger partial charge in [0.2, 0.25) is 23.6 Å². The molecule has 0 aliphatic heterocycles. The molecule has 1 aromatic rings. The highest BCUT2D eigenvalue weighted by Gasteiger charge is 2.30. The maximum absolute atomic E-state index is 13.0. The second-order valence-electron chi connectivity index (χ2n) is 18.1. The predicted molar refractivity (Wildman–Crippen MR) is 269 cm³/mol. The number of amides is 4. The molecular weight excluding hydrogens is 963 g/mol. The lowest BCUT2D eigenvalue weighted by Gasteiger charge is -2.28. The van der Waals surface area contributed by atoms with Crippen LogP contribution >= 0.6 is 23.2 Å². The molecule has 20 heteroatoms. The molecule has 1 fully saturated rings. The third kappa shape index (κ3) is 34.9. The Bertz CT molecular complexity index is 1680. The number of hydrogen-bond donors (Lipinski definition) is 6. The molecule has 6 N–H and O–H groups in total. The highest BCUT2D eigenvalue weighted by molar-refractivity contribution is 6.35. The summed E-state index contributed by atoms with van der Waals surface area (Å²) in [7, 11) is 0. The van der Waals surface area contributed by atoms with Crippen molar-refractivity contribution in [3.8, 4) is 5.75 Å². The average Bonchev–Trinajstić information content (AvgIpc) is 3.34. The summed E-state index contributed by atoms with van der Waals surface area (Å²) < 4.78 is 26.4. The van der Waals surface area contributed by atoms with Gasteiger partial charge in [-0.05, 0) is 69.1 Å². The van der Waals surface area contributed by atoms with E-state index in [0.717, 1.165) is 51.4 Å². The van der Waals surface area contributed by atoms with Crippen LogP contribution in [0.25, 0.3) is 0 Å². The van der Waals surface area contributed by atoms with E-state index in [2.05, 4.69) is 21.3 Å². The molecule has 1 aliphatic carbocycles. The average molecular weight is 1050 g/mol. The molecule has 1 atom stereocenters. The van der Waals surface area contributed by atoms with Gasteiger partial charge in [0.1, 0.15) is 25.0 Å². The first-order valence-electron chi connectivity index (χ1n) is 25.9. The van der Waals surface area contributed by atoms with E-state index in [1.807, 2.05) is 0 Å². The molecule has 0 unspecified atom stereocenters. The van der Waals surface area contributed by atoms with Crippen LogP contribution in [-0.2, 0) is 52.5 Å². The summed E-state index contributed by atoms with van der Waals surface area (Å²) in [6.07, 6.45) is 22.1. The number of carbonyl (C=O) groups is 7. The van der Waals surface area contributed by atoms with Crippen molar-refractivity contribution >= 4 is 64.7 Å². The predicted octanol–water partition coefficient (Wildman–Crippen LogP) is 7.58. The third-order valence-corrected chi connectivity index (χ3v) is 12.6. The van der Waals surface area contributed by atoms with Crippen LogP contribution in [0.15, 0.2) is 18.2 Å². The molecule has 0 bridgehead atoms. The number of halogens is 2. The molecule has 0 heterocycles. The molecule has 4 amide bonds. The number of ether oxygens (including phenoxy) is 5. The smallest absolute Gasteiger partial charge is 0.337 e. The Hall–Kier alpha value is -4.07. The first-order valence-corrected chi connectivity index (χ1v) is 26.6. The van der Waals surface area contributed by atoms with E-state index in [9.17, 15) is 38.7 Å². The normalized spacial score (nSPS) is 14.8. The second-order valence-corrected chi connectivity index (χ2v) is 18.9. The van der Waals surface area contributed by atoms with E-state index in [0.29, 0.717) is 30.8 Å². The molecule has 404 valence electrons. The van der Waals surface area contributed by atoms with Gasteiger partial charge in [-0.15, -0.1) is 0 Å². The fourth-order valence-electron chi connectivity index (χ4n) is 7.97. The summed E-state index contributed by atoms with van der Waals surface area (Å²) in [5.74, 6) is -3.36. The molecule has 0 radical (unpaired) electrons. The summed E-state index contributed by atoms with van der Waals surface area (Å²) in [5, 5.41) is 30.0. The SMILES string of the molecule is O=C(O)CCCCCCCCCCCCCCCCCCC(=O)NCC1CCC(C(=O)N[C@@H](CCC(=O)NCCOCCOCC(=O)NCCOCCOCC(=O)Oc2ccc(Cl)cc2Cl)C(=O)O)CC1. The number of nitrogens with one attached hydrogen (secondary N) is 4. The Kier molecular flexibility index (Phi) is 36.8. The molecule has 1 saturated carbocycles. The van der Waals surface area contributed by atoms with E-state index < -0.39 is 23.9 Å². The first-order chi connectivity index (χ1) is 34.3. The molecule has 0 aromatic heterocycles. The maximum Gasteiger partial charge on any atom is 0.337 e. The van der Waals surface area contributed by atoms with Gasteiger partial charge in [-0.1, -0.05) is 113 Å². The fraction of sp³-hybridized carbons (Fsp3) is 0.745. The molecule has 18 nitrogen and oxygen atoms in total. The van der Waals surface area contributed by atoms with Crippen LogP contribution < -0.4 is 26.0 Å². The molecule has 0 saturated heterocycles. The van der Waals surface area contributed by atoms with Crippen LogP contribution in [0, 0.1) is 11.8 Å². The van der Waals surface area contributed by atoms with Gasteiger partial charge in [0.05, 0.1) is 44.7 Å². The van der Waals surface area contributed by atoms with Gasteiger partial charge in [0.15, 0.2) is 0 Å². The van der Waals surface area contributed by atoms with Gasteiger partial charge in [0, 0.05) is 49.8 Å². The van der Waals surface area contributed by atoms with Crippen molar-refractivity contribution < 1.29 is 67.5 Å². The number of carboxylic acids is 2. The highest BCUT2D eigenvalue weighted by atomic mass is 35.5. The van der Waals surface area contributed by atoms with E-state index >= 15 is 0 Å². The second kappa shape index (κ2) is 41.4. The fourth-order valence-corrected chi connectivity index (χ4v) is 8.42. The highest BCUT2D eigenvalue weighted by Crippen LogP contribution is 2.29. The summed E-state index contributed by atoms with van der Waals surface area (Å²) in [5.41, 5.74) is 0.